The number of nitrogens with zero attached hydrogens (tertiary/aromatic N) is 2. The number of hydrogen-bond donors (Lipinski definition) is 1. The van der Waals surface area contributed by atoms with Gasteiger partial charge in [0.25, 0.3) is 0 Å². The molecule has 0 aliphatic heterocycles. The maximum Gasteiger partial charge on any atom is 0.305 e. The topological polar surface area (TPSA) is 100 Å². The summed E-state index contributed by atoms with van der Waals surface area (Å²) < 4.78 is 4.57. The summed E-state index contributed by atoms with van der Waals surface area (Å²) in [5.41, 5.74) is -0.610. The Morgan fingerprint density at radius 2 is 2.10 bits per heavy atom. The average Bonchev–Trinajstić information content (AvgIpc) is 2.48. The number of nitriles is 1. The summed E-state index contributed by atoms with van der Waals surface area (Å²) in [5, 5.41) is 18.3. The predicted molar refractivity (Wildman–Crippen MR) is 69.6 cm³/mol. The molecule has 1 atom stereocenters. The Balaban J connectivity index is 3.00. The van der Waals surface area contributed by atoms with Gasteiger partial charge in [-0.15, -0.1) is 0 Å². The third-order valence-electron chi connectivity index (χ3n) is 3.12. The highest BCUT2D eigenvalue weighted by molar-refractivity contribution is 5.69. The van der Waals surface area contributed by atoms with E-state index < -0.39 is 17.4 Å². The number of carboxylic acid groups (broad SMARTS) is 1. The van der Waals surface area contributed by atoms with E-state index >= 15 is 0 Å². The standard InChI is InChI=1S/C14H16N2O4/c1-20-13(19)6-8-14(10-15,7-5-12(17)18)11-4-2-3-9-16-11/h2-4,9H,5-8H2,1H3,(H,17,18). The highest BCUT2D eigenvalue weighted by atomic mass is 16.5. The minimum atomic E-state index is -1.09. The van der Waals surface area contributed by atoms with Gasteiger partial charge in [0.15, 0.2) is 0 Å². The molecule has 6 heteroatoms. The Morgan fingerprint density at radius 1 is 1.40 bits per heavy atom. The van der Waals surface area contributed by atoms with Crippen molar-refractivity contribution in [3.8, 4) is 6.07 Å². The van der Waals surface area contributed by atoms with Gasteiger partial charge in [0, 0.05) is 19.0 Å². The number of hydrogen-bond acceptors (Lipinski definition) is 5. The van der Waals surface area contributed by atoms with Crippen LogP contribution >= 0.6 is 0 Å². The van der Waals surface area contributed by atoms with Crippen LogP contribution in [0.3, 0.4) is 0 Å². The molecule has 0 aliphatic carbocycles. The number of carbonyl (C=O) groups is 2. The fraction of sp³-hybridized carbons (Fsp3) is 0.429. The number of carboxylic acids is 1. The van der Waals surface area contributed by atoms with Crippen LogP contribution in [0, 0.1) is 11.3 Å². The van der Waals surface area contributed by atoms with Crippen LogP contribution in [-0.2, 0) is 19.7 Å². The van der Waals surface area contributed by atoms with Crippen molar-refractivity contribution in [2.45, 2.75) is 31.1 Å². The number of aromatic nitrogens is 1. The van der Waals surface area contributed by atoms with Crippen LogP contribution in [-0.4, -0.2) is 29.1 Å². The van der Waals surface area contributed by atoms with Gasteiger partial charge in [0.1, 0.15) is 5.41 Å². The normalized spacial score (nSPS) is 13.0. The molecule has 0 fully saturated rings. The van der Waals surface area contributed by atoms with E-state index in [1.807, 2.05) is 0 Å². The Morgan fingerprint density at radius 3 is 2.60 bits per heavy atom. The zero-order chi connectivity index (χ0) is 15.0. The molecule has 1 heterocycles. The first-order chi connectivity index (χ1) is 9.54. The van der Waals surface area contributed by atoms with Gasteiger partial charge in [-0.1, -0.05) is 6.07 Å². The number of rotatable bonds is 7. The van der Waals surface area contributed by atoms with Crippen molar-refractivity contribution in [2.75, 3.05) is 7.11 Å². The van der Waals surface area contributed by atoms with E-state index in [4.69, 9.17) is 5.11 Å². The van der Waals surface area contributed by atoms with Crippen molar-refractivity contribution >= 4 is 11.9 Å². The SMILES string of the molecule is COC(=O)CCC(C#N)(CCC(=O)O)c1ccccn1. The Kier molecular flexibility index (Phi) is 5.66. The summed E-state index contributed by atoms with van der Waals surface area (Å²) in [4.78, 5) is 26.2. The van der Waals surface area contributed by atoms with Crippen molar-refractivity contribution in [1.29, 1.82) is 5.26 Å². The quantitative estimate of drug-likeness (QED) is 0.760. The smallest absolute Gasteiger partial charge is 0.305 e. The van der Waals surface area contributed by atoms with Crippen molar-refractivity contribution < 1.29 is 19.4 Å². The number of ether oxygens (including phenoxy) is 1. The van der Waals surface area contributed by atoms with E-state index in [-0.39, 0.29) is 25.7 Å². The van der Waals surface area contributed by atoms with Gasteiger partial charge in [0.2, 0.25) is 0 Å². The monoisotopic (exact) mass is 276 g/mol. The molecule has 0 saturated heterocycles. The molecular formula is C14H16N2O4. The first-order valence-electron chi connectivity index (χ1n) is 6.15. The van der Waals surface area contributed by atoms with Gasteiger partial charge in [-0.05, 0) is 25.0 Å². The number of methoxy groups -OCH3 is 1. The molecule has 1 aromatic rings. The van der Waals surface area contributed by atoms with Gasteiger partial charge in [-0.2, -0.15) is 5.26 Å². The predicted octanol–water partition coefficient (Wildman–Crippen LogP) is 1.66. The Hall–Kier alpha value is -2.42. The molecule has 1 N–H and O–H groups in total. The van der Waals surface area contributed by atoms with Crippen LogP contribution in [0.2, 0.25) is 0 Å². The molecule has 0 aromatic carbocycles. The Bertz CT molecular complexity index is 510. The van der Waals surface area contributed by atoms with Crippen LogP contribution in [0.4, 0.5) is 0 Å². The zero-order valence-electron chi connectivity index (χ0n) is 11.2. The molecule has 6 nitrogen and oxygen atoms in total. The summed E-state index contributed by atoms with van der Waals surface area (Å²) >= 11 is 0. The first kappa shape index (κ1) is 15.6. The summed E-state index contributed by atoms with van der Waals surface area (Å²) in [7, 11) is 1.27. The second-order valence-electron chi connectivity index (χ2n) is 4.38. The van der Waals surface area contributed by atoms with Crippen LogP contribution in [0.5, 0.6) is 0 Å². The summed E-state index contributed by atoms with van der Waals surface area (Å²) in [6.45, 7) is 0. The molecular weight excluding hydrogens is 260 g/mol. The highest BCUT2D eigenvalue weighted by Crippen LogP contribution is 2.32. The molecule has 1 unspecified atom stereocenters. The molecule has 1 aromatic heterocycles. The van der Waals surface area contributed by atoms with Crippen molar-refractivity contribution in [3.05, 3.63) is 30.1 Å². The molecule has 0 radical (unpaired) electrons. The van der Waals surface area contributed by atoms with Crippen LogP contribution in [0.25, 0.3) is 0 Å². The van der Waals surface area contributed by atoms with Gasteiger partial charge in [0.05, 0.1) is 18.9 Å². The van der Waals surface area contributed by atoms with Crippen molar-refractivity contribution in [1.82, 2.24) is 4.98 Å². The van der Waals surface area contributed by atoms with E-state index in [1.165, 1.54) is 7.11 Å². The summed E-state index contributed by atoms with van der Waals surface area (Å²) in [5.74, 6) is -1.42. The lowest BCUT2D eigenvalue weighted by Gasteiger charge is -2.25. The van der Waals surface area contributed by atoms with Gasteiger partial charge < -0.3 is 9.84 Å². The number of esters is 1. The van der Waals surface area contributed by atoms with E-state index in [1.54, 1.807) is 24.4 Å². The molecule has 0 aliphatic rings. The van der Waals surface area contributed by atoms with E-state index in [0.717, 1.165) is 0 Å². The lowest BCUT2D eigenvalue weighted by atomic mass is 9.77. The average molecular weight is 276 g/mol. The van der Waals surface area contributed by atoms with Gasteiger partial charge in [-0.25, -0.2) is 0 Å². The van der Waals surface area contributed by atoms with E-state index in [9.17, 15) is 14.9 Å². The number of aliphatic carboxylic acids is 1. The summed E-state index contributed by atoms with van der Waals surface area (Å²) in [6, 6.07) is 7.24. The molecule has 0 bridgehead atoms. The van der Waals surface area contributed by atoms with E-state index in [0.29, 0.717) is 5.69 Å². The maximum atomic E-state index is 11.3. The minimum Gasteiger partial charge on any atom is -0.481 e. The largest absolute Gasteiger partial charge is 0.481 e. The third kappa shape index (κ3) is 4.05. The van der Waals surface area contributed by atoms with Crippen molar-refractivity contribution in [2.24, 2.45) is 0 Å². The fourth-order valence-corrected chi connectivity index (χ4v) is 1.93. The fourth-order valence-electron chi connectivity index (χ4n) is 1.93. The second-order valence-corrected chi connectivity index (χ2v) is 4.38. The van der Waals surface area contributed by atoms with Gasteiger partial charge in [-0.3, -0.25) is 14.6 Å². The highest BCUT2D eigenvalue weighted by Gasteiger charge is 2.34. The van der Waals surface area contributed by atoms with Gasteiger partial charge >= 0.3 is 11.9 Å². The molecule has 0 saturated carbocycles. The van der Waals surface area contributed by atoms with Crippen molar-refractivity contribution in [3.63, 3.8) is 0 Å². The second kappa shape index (κ2) is 7.24. The molecule has 106 valence electrons. The molecule has 0 spiro atoms. The number of carbonyl (C=O) groups excluding carboxylic acids is 1. The lowest BCUT2D eigenvalue weighted by Crippen LogP contribution is -2.27. The van der Waals surface area contributed by atoms with Crippen LogP contribution in [0.15, 0.2) is 24.4 Å². The summed E-state index contributed by atoms with van der Waals surface area (Å²) in [6.07, 6.45) is 1.71. The molecule has 1 rings (SSSR count). The van der Waals surface area contributed by atoms with E-state index in [2.05, 4.69) is 15.8 Å². The first-order valence-corrected chi connectivity index (χ1v) is 6.15. The molecule has 20 heavy (non-hydrogen) atoms. The zero-order valence-corrected chi connectivity index (χ0v) is 11.2. The third-order valence-corrected chi connectivity index (χ3v) is 3.12. The van der Waals surface area contributed by atoms with Crippen LogP contribution < -0.4 is 0 Å². The lowest BCUT2D eigenvalue weighted by molar-refractivity contribution is -0.140. The minimum absolute atomic E-state index is 0.0419. The van der Waals surface area contributed by atoms with Crippen LogP contribution in [0.1, 0.15) is 31.4 Å². The maximum absolute atomic E-state index is 11.3. The molecule has 0 amide bonds. The number of pyridine rings is 1. The Labute approximate surface area is 117 Å².